The summed E-state index contributed by atoms with van der Waals surface area (Å²) in [7, 11) is 0. The highest BCUT2D eigenvalue weighted by molar-refractivity contribution is 5.95. The number of hydrogen-bond acceptors (Lipinski definition) is 7. The number of carboxylic acid groups (broad SMARTS) is 2. The van der Waals surface area contributed by atoms with Gasteiger partial charge in [0.1, 0.15) is 18.1 Å². The lowest BCUT2D eigenvalue weighted by Gasteiger charge is -2.25. The summed E-state index contributed by atoms with van der Waals surface area (Å²) in [5.41, 5.74) is 0. The molecule has 0 aromatic carbocycles. The number of carboxylic acids is 2. The average molecular weight is 430 g/mol. The van der Waals surface area contributed by atoms with Crippen molar-refractivity contribution >= 4 is 29.7 Å². The van der Waals surface area contributed by atoms with Gasteiger partial charge in [-0.3, -0.25) is 19.2 Å². The summed E-state index contributed by atoms with van der Waals surface area (Å²) in [5.74, 6) is -5.05. The van der Waals surface area contributed by atoms with E-state index in [-0.39, 0.29) is 12.3 Å². The number of amides is 3. The number of hydrogen-bond donors (Lipinski definition) is 7. The number of carbonyl (C=O) groups is 5. The third-order valence-corrected chi connectivity index (χ3v) is 4.53. The fourth-order valence-corrected chi connectivity index (χ4v) is 3.00. The Morgan fingerprint density at radius 2 is 1.57 bits per heavy atom. The van der Waals surface area contributed by atoms with Crippen molar-refractivity contribution in [3.8, 4) is 0 Å². The highest BCUT2D eigenvalue weighted by Gasteiger charge is 2.32. The summed E-state index contributed by atoms with van der Waals surface area (Å²) in [5, 5.41) is 37.0. The van der Waals surface area contributed by atoms with Gasteiger partial charge in [-0.25, -0.2) is 4.79 Å². The van der Waals surface area contributed by atoms with Crippen LogP contribution in [0.5, 0.6) is 0 Å². The number of carbonyl (C=O) groups excluding carboxylic acids is 3. The Kier molecular flexibility index (Phi) is 10.2. The molecule has 0 aliphatic carbocycles. The van der Waals surface area contributed by atoms with Crippen LogP contribution in [-0.4, -0.2) is 82.3 Å². The molecule has 0 saturated carbocycles. The summed E-state index contributed by atoms with van der Waals surface area (Å²) >= 11 is 0. The van der Waals surface area contributed by atoms with Crippen LogP contribution in [0.1, 0.15) is 39.5 Å². The first-order chi connectivity index (χ1) is 14.0. The molecule has 0 spiro atoms. The molecule has 4 atom stereocenters. The van der Waals surface area contributed by atoms with E-state index in [2.05, 4.69) is 21.3 Å². The quantitative estimate of drug-likeness (QED) is 0.180. The van der Waals surface area contributed by atoms with E-state index in [1.165, 1.54) is 0 Å². The molecule has 1 aliphatic rings. The predicted octanol–water partition coefficient (Wildman–Crippen LogP) is -2.21. The molecule has 30 heavy (non-hydrogen) atoms. The van der Waals surface area contributed by atoms with Crippen LogP contribution in [0.25, 0.3) is 0 Å². The molecule has 1 fully saturated rings. The molecular weight excluding hydrogens is 400 g/mol. The van der Waals surface area contributed by atoms with Crippen LogP contribution in [0.2, 0.25) is 0 Å². The van der Waals surface area contributed by atoms with E-state index in [1.54, 1.807) is 13.8 Å². The van der Waals surface area contributed by atoms with Crippen molar-refractivity contribution in [3.05, 3.63) is 0 Å². The molecule has 3 amide bonds. The fourth-order valence-electron chi connectivity index (χ4n) is 3.00. The molecule has 0 aromatic heterocycles. The monoisotopic (exact) mass is 430 g/mol. The van der Waals surface area contributed by atoms with E-state index >= 15 is 0 Å². The van der Waals surface area contributed by atoms with E-state index in [0.29, 0.717) is 13.0 Å². The molecule has 0 aromatic rings. The highest BCUT2D eigenvalue weighted by Crippen LogP contribution is 2.08. The minimum Gasteiger partial charge on any atom is -0.481 e. The molecular formula is C18H30N4O8. The largest absolute Gasteiger partial charge is 0.481 e. The number of nitrogens with one attached hydrogen (secondary N) is 4. The number of aliphatic hydroxyl groups is 1. The van der Waals surface area contributed by atoms with Crippen LogP contribution < -0.4 is 21.3 Å². The first-order valence-corrected chi connectivity index (χ1v) is 9.75. The van der Waals surface area contributed by atoms with Gasteiger partial charge in [0.05, 0.1) is 19.1 Å². The zero-order valence-electron chi connectivity index (χ0n) is 17.0. The Morgan fingerprint density at radius 3 is 2.03 bits per heavy atom. The molecule has 0 bridgehead atoms. The smallest absolute Gasteiger partial charge is 0.328 e. The van der Waals surface area contributed by atoms with Crippen LogP contribution in [-0.2, 0) is 24.0 Å². The maximum absolute atomic E-state index is 12.7. The van der Waals surface area contributed by atoms with E-state index in [9.17, 15) is 24.0 Å². The summed E-state index contributed by atoms with van der Waals surface area (Å²) in [6.07, 6.45) is 0.783. The third-order valence-electron chi connectivity index (χ3n) is 4.53. The van der Waals surface area contributed by atoms with Gasteiger partial charge in [-0.1, -0.05) is 13.8 Å². The van der Waals surface area contributed by atoms with Gasteiger partial charge in [-0.05, 0) is 31.7 Å². The van der Waals surface area contributed by atoms with Gasteiger partial charge in [0.15, 0.2) is 0 Å². The molecule has 4 unspecified atom stereocenters. The summed E-state index contributed by atoms with van der Waals surface area (Å²) in [4.78, 5) is 59.6. The normalized spacial score (nSPS) is 18.9. The van der Waals surface area contributed by atoms with Crippen LogP contribution in [0.4, 0.5) is 0 Å². The fraction of sp³-hybridized carbons (Fsp3) is 0.722. The lowest BCUT2D eigenvalue weighted by atomic mass is 10.0. The number of aliphatic hydroxyl groups excluding tert-OH is 1. The first kappa shape index (κ1) is 25.3. The van der Waals surface area contributed by atoms with Gasteiger partial charge in [-0.15, -0.1) is 0 Å². The van der Waals surface area contributed by atoms with E-state index in [4.69, 9.17) is 15.3 Å². The Morgan fingerprint density at radius 1 is 0.967 bits per heavy atom. The van der Waals surface area contributed by atoms with Crippen LogP contribution in [0, 0.1) is 5.92 Å². The maximum atomic E-state index is 12.7. The highest BCUT2D eigenvalue weighted by atomic mass is 16.4. The Bertz CT molecular complexity index is 648. The zero-order chi connectivity index (χ0) is 22.8. The van der Waals surface area contributed by atoms with Gasteiger partial charge in [0.2, 0.25) is 17.7 Å². The topological polar surface area (TPSA) is 194 Å². The molecule has 170 valence electrons. The van der Waals surface area contributed by atoms with Gasteiger partial charge < -0.3 is 36.6 Å². The summed E-state index contributed by atoms with van der Waals surface area (Å²) in [6.45, 7) is 3.35. The van der Waals surface area contributed by atoms with Crippen molar-refractivity contribution in [2.45, 2.75) is 63.7 Å². The maximum Gasteiger partial charge on any atom is 0.328 e. The number of aliphatic carboxylic acids is 2. The van der Waals surface area contributed by atoms with Gasteiger partial charge in [-0.2, -0.15) is 0 Å². The summed E-state index contributed by atoms with van der Waals surface area (Å²) < 4.78 is 0. The van der Waals surface area contributed by atoms with Crippen molar-refractivity contribution in [2.24, 2.45) is 5.92 Å². The molecule has 1 heterocycles. The Hall–Kier alpha value is -2.73. The average Bonchev–Trinajstić information content (AvgIpc) is 3.18. The van der Waals surface area contributed by atoms with Crippen LogP contribution in [0.15, 0.2) is 0 Å². The minimum absolute atomic E-state index is 0.0753. The SMILES string of the molecule is CC(C)CC(NC(=O)C(CC(=O)O)NC(=O)C1CCCN1)C(=O)NC(CO)C(=O)O. The van der Waals surface area contributed by atoms with Crippen molar-refractivity contribution < 1.29 is 39.3 Å². The first-order valence-electron chi connectivity index (χ1n) is 9.75. The molecule has 1 rings (SSSR count). The second kappa shape index (κ2) is 12.1. The third kappa shape index (κ3) is 8.33. The Labute approximate surface area is 173 Å². The van der Waals surface area contributed by atoms with E-state index in [0.717, 1.165) is 6.42 Å². The molecule has 1 aliphatic heterocycles. The van der Waals surface area contributed by atoms with Crippen molar-refractivity contribution in [3.63, 3.8) is 0 Å². The lowest BCUT2D eigenvalue weighted by Crippen LogP contribution is -2.58. The molecule has 0 radical (unpaired) electrons. The van der Waals surface area contributed by atoms with E-state index < -0.39 is 66.9 Å². The minimum atomic E-state index is -1.55. The zero-order valence-corrected chi connectivity index (χ0v) is 17.0. The molecule has 12 heteroatoms. The predicted molar refractivity (Wildman–Crippen MR) is 103 cm³/mol. The Balaban J connectivity index is 2.89. The standard InChI is InChI=1S/C18H30N4O8/c1-9(2)6-11(16(27)22-13(8-23)18(29)30)20-17(28)12(7-14(24)25)21-15(26)10-4-3-5-19-10/h9-13,19,23H,3-8H2,1-2H3,(H,20,28)(H,21,26)(H,22,27)(H,24,25)(H,29,30). The van der Waals surface area contributed by atoms with Gasteiger partial charge in [0.25, 0.3) is 0 Å². The molecule has 1 saturated heterocycles. The van der Waals surface area contributed by atoms with Crippen LogP contribution in [0.3, 0.4) is 0 Å². The van der Waals surface area contributed by atoms with Gasteiger partial charge in [0, 0.05) is 0 Å². The van der Waals surface area contributed by atoms with Crippen molar-refractivity contribution in [1.29, 1.82) is 0 Å². The molecule has 7 N–H and O–H groups in total. The van der Waals surface area contributed by atoms with Gasteiger partial charge >= 0.3 is 11.9 Å². The van der Waals surface area contributed by atoms with E-state index in [1.807, 2.05) is 0 Å². The summed E-state index contributed by atoms with van der Waals surface area (Å²) in [6, 6.07) is -4.66. The second-order valence-corrected chi connectivity index (χ2v) is 7.58. The molecule has 12 nitrogen and oxygen atoms in total. The van der Waals surface area contributed by atoms with Crippen molar-refractivity contribution in [1.82, 2.24) is 21.3 Å². The second-order valence-electron chi connectivity index (χ2n) is 7.58. The van der Waals surface area contributed by atoms with Crippen LogP contribution >= 0.6 is 0 Å². The van der Waals surface area contributed by atoms with Crippen molar-refractivity contribution in [2.75, 3.05) is 13.2 Å². The number of rotatable bonds is 12. The lowest BCUT2D eigenvalue weighted by molar-refractivity contribution is -0.144.